The zero-order valence-electron chi connectivity index (χ0n) is 12.9. The highest BCUT2D eigenvalue weighted by atomic mass is 35.5. The van der Waals surface area contributed by atoms with Crippen molar-refractivity contribution in [3.8, 4) is 0 Å². The number of rotatable bonds is 5. The topological polar surface area (TPSA) is 54.0 Å². The summed E-state index contributed by atoms with van der Waals surface area (Å²) in [5.74, 6) is -0.277. The maximum Gasteiger partial charge on any atom is 0.274 e. The van der Waals surface area contributed by atoms with Crippen molar-refractivity contribution in [2.45, 2.75) is 6.54 Å². The molecule has 4 nitrogen and oxygen atoms in total. The number of pyridine rings is 1. The second-order valence-corrected chi connectivity index (χ2v) is 5.67. The largest absolute Gasteiger partial charge is 0.381 e. The average molecular weight is 338 g/mol. The second kappa shape index (κ2) is 7.62. The number of hydrogen-bond donors (Lipinski definition) is 2. The molecule has 0 saturated heterocycles. The van der Waals surface area contributed by atoms with E-state index in [1.165, 1.54) is 5.56 Å². The minimum atomic E-state index is -0.277. The van der Waals surface area contributed by atoms with E-state index in [0.29, 0.717) is 22.9 Å². The van der Waals surface area contributed by atoms with Crippen LogP contribution in [0.1, 0.15) is 16.1 Å². The number of amides is 1. The molecule has 0 aliphatic heterocycles. The van der Waals surface area contributed by atoms with E-state index in [9.17, 15) is 4.79 Å². The van der Waals surface area contributed by atoms with Gasteiger partial charge in [-0.3, -0.25) is 9.78 Å². The van der Waals surface area contributed by atoms with Crippen LogP contribution in [0.5, 0.6) is 0 Å². The van der Waals surface area contributed by atoms with Crippen LogP contribution >= 0.6 is 11.6 Å². The van der Waals surface area contributed by atoms with E-state index >= 15 is 0 Å². The standard InChI is InChI=1S/C19H16ClN3O/c20-15-7-4-8-17(11-15)23-19(24)18-12-16(9-10-21-18)22-13-14-5-2-1-3-6-14/h1-12H,13H2,(H,21,22)(H,23,24). The third-order valence-electron chi connectivity index (χ3n) is 3.41. The molecule has 1 amide bonds. The van der Waals surface area contributed by atoms with Gasteiger partial charge in [-0.15, -0.1) is 0 Å². The maximum absolute atomic E-state index is 12.3. The van der Waals surface area contributed by atoms with Gasteiger partial charge in [0.05, 0.1) is 0 Å². The highest BCUT2D eigenvalue weighted by Gasteiger charge is 2.08. The molecule has 120 valence electrons. The zero-order valence-corrected chi connectivity index (χ0v) is 13.6. The highest BCUT2D eigenvalue weighted by Crippen LogP contribution is 2.16. The number of hydrogen-bond acceptors (Lipinski definition) is 3. The van der Waals surface area contributed by atoms with Crippen LogP contribution in [0, 0.1) is 0 Å². The Balaban J connectivity index is 1.67. The predicted octanol–water partition coefficient (Wildman–Crippen LogP) is 4.60. The molecule has 0 aliphatic rings. The van der Waals surface area contributed by atoms with E-state index in [1.54, 1.807) is 36.5 Å². The zero-order chi connectivity index (χ0) is 16.8. The quantitative estimate of drug-likeness (QED) is 0.715. The van der Waals surface area contributed by atoms with Gasteiger partial charge in [-0.2, -0.15) is 0 Å². The monoisotopic (exact) mass is 337 g/mol. The summed E-state index contributed by atoms with van der Waals surface area (Å²) in [5, 5.41) is 6.64. The summed E-state index contributed by atoms with van der Waals surface area (Å²) in [6, 6.07) is 20.6. The van der Waals surface area contributed by atoms with Crippen LogP contribution in [-0.2, 0) is 6.54 Å². The molecule has 1 heterocycles. The van der Waals surface area contributed by atoms with Crippen LogP contribution in [0.15, 0.2) is 72.9 Å². The molecule has 0 bridgehead atoms. The van der Waals surface area contributed by atoms with Gasteiger partial charge in [-0.05, 0) is 35.9 Å². The molecule has 3 aromatic rings. The molecule has 0 aliphatic carbocycles. The first-order valence-electron chi connectivity index (χ1n) is 7.51. The molecule has 2 N–H and O–H groups in total. The third kappa shape index (κ3) is 4.33. The minimum absolute atomic E-state index is 0.277. The van der Waals surface area contributed by atoms with Crippen LogP contribution < -0.4 is 10.6 Å². The van der Waals surface area contributed by atoms with Gasteiger partial charge in [0.15, 0.2) is 0 Å². The summed E-state index contributed by atoms with van der Waals surface area (Å²) in [6.45, 7) is 0.681. The number of carbonyl (C=O) groups is 1. The fourth-order valence-corrected chi connectivity index (χ4v) is 2.42. The van der Waals surface area contributed by atoms with Crippen molar-refractivity contribution in [2.75, 3.05) is 10.6 Å². The van der Waals surface area contributed by atoms with Crippen molar-refractivity contribution < 1.29 is 4.79 Å². The average Bonchev–Trinajstić information content (AvgIpc) is 2.61. The van der Waals surface area contributed by atoms with E-state index in [2.05, 4.69) is 15.6 Å². The highest BCUT2D eigenvalue weighted by molar-refractivity contribution is 6.30. The van der Waals surface area contributed by atoms with E-state index in [0.717, 1.165) is 5.69 Å². The minimum Gasteiger partial charge on any atom is -0.381 e. The molecule has 24 heavy (non-hydrogen) atoms. The number of benzene rings is 2. The molecule has 0 radical (unpaired) electrons. The van der Waals surface area contributed by atoms with Crippen LogP contribution in [-0.4, -0.2) is 10.9 Å². The normalized spacial score (nSPS) is 10.2. The van der Waals surface area contributed by atoms with Gasteiger partial charge in [0, 0.05) is 29.1 Å². The summed E-state index contributed by atoms with van der Waals surface area (Å²) in [5.41, 5.74) is 2.98. The van der Waals surface area contributed by atoms with Crippen molar-refractivity contribution >= 4 is 28.9 Å². The fourth-order valence-electron chi connectivity index (χ4n) is 2.23. The van der Waals surface area contributed by atoms with Crippen molar-refractivity contribution in [1.29, 1.82) is 0 Å². The van der Waals surface area contributed by atoms with Gasteiger partial charge in [0.2, 0.25) is 0 Å². The van der Waals surface area contributed by atoms with Crippen LogP contribution in [0.25, 0.3) is 0 Å². The SMILES string of the molecule is O=C(Nc1cccc(Cl)c1)c1cc(NCc2ccccc2)ccn1. The fraction of sp³-hybridized carbons (Fsp3) is 0.0526. The van der Waals surface area contributed by atoms with E-state index in [-0.39, 0.29) is 5.91 Å². The van der Waals surface area contributed by atoms with Crippen molar-refractivity contribution in [3.63, 3.8) is 0 Å². The van der Waals surface area contributed by atoms with Crippen LogP contribution in [0.3, 0.4) is 0 Å². The molecule has 0 saturated carbocycles. The number of carbonyl (C=O) groups excluding carboxylic acids is 1. The number of aromatic nitrogens is 1. The Bertz CT molecular complexity index is 837. The Labute approximate surface area is 145 Å². The molecule has 0 atom stereocenters. The predicted molar refractivity (Wildman–Crippen MR) is 97.4 cm³/mol. The molecule has 3 rings (SSSR count). The first-order valence-corrected chi connectivity index (χ1v) is 7.89. The van der Waals surface area contributed by atoms with E-state index in [1.807, 2.05) is 36.4 Å². The van der Waals surface area contributed by atoms with E-state index < -0.39 is 0 Å². The number of nitrogens with zero attached hydrogens (tertiary/aromatic N) is 1. The molecule has 0 fully saturated rings. The molecule has 0 unspecified atom stereocenters. The van der Waals surface area contributed by atoms with Gasteiger partial charge < -0.3 is 10.6 Å². The molecule has 1 aromatic heterocycles. The Morgan fingerprint density at radius 2 is 1.79 bits per heavy atom. The summed E-state index contributed by atoms with van der Waals surface area (Å²) in [7, 11) is 0. The third-order valence-corrected chi connectivity index (χ3v) is 3.65. The van der Waals surface area contributed by atoms with Crippen LogP contribution in [0.2, 0.25) is 5.02 Å². The second-order valence-electron chi connectivity index (χ2n) is 5.23. The Kier molecular flexibility index (Phi) is 5.08. The van der Waals surface area contributed by atoms with Gasteiger partial charge in [0.1, 0.15) is 5.69 Å². The van der Waals surface area contributed by atoms with Crippen molar-refractivity contribution in [1.82, 2.24) is 4.98 Å². The number of nitrogens with one attached hydrogen (secondary N) is 2. The maximum atomic E-state index is 12.3. The van der Waals surface area contributed by atoms with Crippen molar-refractivity contribution in [3.05, 3.63) is 89.2 Å². The van der Waals surface area contributed by atoms with E-state index in [4.69, 9.17) is 11.6 Å². The lowest BCUT2D eigenvalue weighted by Crippen LogP contribution is -2.14. The van der Waals surface area contributed by atoms with Gasteiger partial charge in [-0.25, -0.2) is 0 Å². The summed E-state index contributed by atoms with van der Waals surface area (Å²) >= 11 is 5.92. The molecule has 5 heteroatoms. The molecular formula is C19H16ClN3O. The van der Waals surface area contributed by atoms with Gasteiger partial charge in [-0.1, -0.05) is 48.0 Å². The van der Waals surface area contributed by atoms with Gasteiger partial charge in [0.25, 0.3) is 5.91 Å². The lowest BCUT2D eigenvalue weighted by Gasteiger charge is -2.09. The molecule has 2 aromatic carbocycles. The lowest BCUT2D eigenvalue weighted by atomic mass is 10.2. The first kappa shape index (κ1) is 16.0. The lowest BCUT2D eigenvalue weighted by molar-refractivity contribution is 0.102. The number of halogens is 1. The summed E-state index contributed by atoms with van der Waals surface area (Å²) in [4.78, 5) is 16.4. The Morgan fingerprint density at radius 3 is 2.58 bits per heavy atom. The summed E-state index contributed by atoms with van der Waals surface area (Å²) < 4.78 is 0. The smallest absolute Gasteiger partial charge is 0.274 e. The molecule has 0 spiro atoms. The number of anilines is 2. The first-order chi connectivity index (χ1) is 11.7. The van der Waals surface area contributed by atoms with Crippen LogP contribution in [0.4, 0.5) is 11.4 Å². The Morgan fingerprint density at radius 1 is 0.958 bits per heavy atom. The Hall–Kier alpha value is -2.85. The van der Waals surface area contributed by atoms with Gasteiger partial charge >= 0.3 is 0 Å². The van der Waals surface area contributed by atoms with Crippen molar-refractivity contribution in [2.24, 2.45) is 0 Å². The molecular weight excluding hydrogens is 322 g/mol. The summed E-state index contributed by atoms with van der Waals surface area (Å²) in [6.07, 6.45) is 1.61.